The Kier molecular flexibility index (Phi) is 4.47. The molecule has 1 aromatic heterocycles. The van der Waals surface area contributed by atoms with Crippen LogP contribution in [0.1, 0.15) is 43.1 Å². The first-order valence-electron chi connectivity index (χ1n) is 8.94. The molecule has 1 saturated heterocycles. The summed E-state index contributed by atoms with van der Waals surface area (Å²) in [4.78, 5) is 2.49. The summed E-state index contributed by atoms with van der Waals surface area (Å²) in [5.74, 6) is 2.78. The average Bonchev–Trinajstić information content (AvgIpc) is 3.36. The summed E-state index contributed by atoms with van der Waals surface area (Å²) < 4.78 is 7.51. The maximum atomic E-state index is 5.48. The van der Waals surface area contributed by atoms with Crippen molar-refractivity contribution in [2.24, 2.45) is 5.92 Å². The minimum absolute atomic E-state index is 0.554. The van der Waals surface area contributed by atoms with Crippen LogP contribution < -0.4 is 4.74 Å². The van der Waals surface area contributed by atoms with Gasteiger partial charge in [-0.05, 0) is 73.2 Å². The van der Waals surface area contributed by atoms with E-state index in [1.54, 1.807) is 7.11 Å². The van der Waals surface area contributed by atoms with Crippen LogP contribution in [0, 0.1) is 5.92 Å². The molecule has 1 saturated carbocycles. The number of likely N-dealkylation sites (tertiary alicyclic amines) is 1. The molecule has 128 valence electrons. The molecule has 0 radical (unpaired) electrons. The van der Waals surface area contributed by atoms with E-state index in [-0.39, 0.29) is 0 Å². The second-order valence-electron chi connectivity index (χ2n) is 7.01. The van der Waals surface area contributed by atoms with E-state index in [9.17, 15) is 0 Å². The molecular weight excluding hydrogens is 302 g/mol. The van der Waals surface area contributed by atoms with E-state index in [0.29, 0.717) is 6.04 Å². The largest absolute Gasteiger partial charge is 0.496 e. The Bertz CT molecular complexity index is 674. The summed E-state index contributed by atoms with van der Waals surface area (Å²) in [7, 11) is 1.76. The molecule has 0 N–H and O–H groups in total. The topological polar surface area (TPSA) is 56.1 Å². The molecule has 0 unspecified atom stereocenters. The van der Waals surface area contributed by atoms with Crippen LogP contribution in [-0.2, 0) is 13.0 Å². The number of hydrogen-bond acceptors (Lipinski definition) is 5. The van der Waals surface area contributed by atoms with Gasteiger partial charge in [-0.2, -0.15) is 0 Å². The summed E-state index contributed by atoms with van der Waals surface area (Å²) in [6.07, 6.45) is 6.00. The molecule has 2 heterocycles. The van der Waals surface area contributed by atoms with E-state index in [1.165, 1.54) is 31.2 Å². The standard InChI is InChI=1S/C18H25N5O/c1-24-17-5-3-2-4-15(17)12-14-8-10-22(11-9-14)13-18-19-20-21-23(18)16-6-7-16/h2-5,14,16H,6-13H2,1H3. The lowest BCUT2D eigenvalue weighted by molar-refractivity contribution is 0.170. The Hall–Kier alpha value is -1.95. The van der Waals surface area contributed by atoms with Gasteiger partial charge in [0.25, 0.3) is 0 Å². The molecule has 0 bridgehead atoms. The first-order valence-corrected chi connectivity index (χ1v) is 8.94. The predicted molar refractivity (Wildman–Crippen MR) is 90.8 cm³/mol. The number of hydrogen-bond donors (Lipinski definition) is 0. The molecule has 2 aliphatic rings. The van der Waals surface area contributed by atoms with Crippen molar-refractivity contribution in [1.82, 2.24) is 25.1 Å². The fraction of sp³-hybridized carbons (Fsp3) is 0.611. The second kappa shape index (κ2) is 6.89. The van der Waals surface area contributed by atoms with E-state index < -0.39 is 0 Å². The van der Waals surface area contributed by atoms with E-state index in [1.807, 2.05) is 10.7 Å². The molecule has 0 atom stereocenters. The predicted octanol–water partition coefficient (Wildman–Crippen LogP) is 2.47. The second-order valence-corrected chi connectivity index (χ2v) is 7.01. The van der Waals surface area contributed by atoms with Gasteiger partial charge in [0.2, 0.25) is 0 Å². The van der Waals surface area contributed by atoms with E-state index in [0.717, 1.165) is 43.5 Å². The zero-order valence-corrected chi connectivity index (χ0v) is 14.3. The van der Waals surface area contributed by atoms with Gasteiger partial charge in [-0.15, -0.1) is 5.10 Å². The molecule has 0 amide bonds. The maximum absolute atomic E-state index is 5.48. The Labute approximate surface area is 142 Å². The van der Waals surface area contributed by atoms with E-state index in [2.05, 4.69) is 38.6 Å². The minimum Gasteiger partial charge on any atom is -0.496 e. The van der Waals surface area contributed by atoms with Crippen molar-refractivity contribution in [3.63, 3.8) is 0 Å². The van der Waals surface area contributed by atoms with Crippen molar-refractivity contribution in [3.8, 4) is 5.75 Å². The first kappa shape index (κ1) is 15.6. The number of benzene rings is 1. The number of rotatable bonds is 6. The Balaban J connectivity index is 1.31. The number of methoxy groups -OCH3 is 1. The molecule has 1 aliphatic carbocycles. The van der Waals surface area contributed by atoms with Gasteiger partial charge in [-0.3, -0.25) is 4.90 Å². The van der Waals surface area contributed by atoms with Crippen molar-refractivity contribution in [2.75, 3.05) is 20.2 Å². The summed E-state index contributed by atoms with van der Waals surface area (Å²) in [5, 5.41) is 12.2. The summed E-state index contributed by atoms with van der Waals surface area (Å²) in [6, 6.07) is 8.94. The average molecular weight is 327 g/mol. The monoisotopic (exact) mass is 327 g/mol. The molecule has 1 aliphatic heterocycles. The normalized spacial score (nSPS) is 19.5. The van der Waals surface area contributed by atoms with Crippen LogP contribution >= 0.6 is 0 Å². The molecule has 6 heteroatoms. The lowest BCUT2D eigenvalue weighted by Crippen LogP contribution is -2.34. The van der Waals surface area contributed by atoms with Gasteiger partial charge in [0, 0.05) is 0 Å². The molecule has 2 aromatic rings. The molecule has 1 aromatic carbocycles. The van der Waals surface area contributed by atoms with Crippen LogP contribution in [0.25, 0.3) is 0 Å². The third kappa shape index (κ3) is 3.43. The Morgan fingerprint density at radius 1 is 1.12 bits per heavy atom. The number of ether oxygens (including phenoxy) is 1. The summed E-state index contributed by atoms with van der Waals surface area (Å²) in [6.45, 7) is 3.12. The minimum atomic E-state index is 0.554. The van der Waals surface area contributed by atoms with E-state index in [4.69, 9.17) is 4.74 Å². The van der Waals surface area contributed by atoms with Crippen LogP contribution in [0.5, 0.6) is 5.75 Å². The van der Waals surface area contributed by atoms with E-state index >= 15 is 0 Å². The summed E-state index contributed by atoms with van der Waals surface area (Å²) in [5.41, 5.74) is 1.33. The van der Waals surface area contributed by atoms with Gasteiger partial charge in [0.15, 0.2) is 5.82 Å². The Morgan fingerprint density at radius 2 is 1.92 bits per heavy atom. The quantitative estimate of drug-likeness (QED) is 0.816. The third-order valence-corrected chi connectivity index (χ3v) is 5.23. The third-order valence-electron chi connectivity index (χ3n) is 5.23. The summed E-state index contributed by atoms with van der Waals surface area (Å²) >= 11 is 0. The number of aromatic nitrogens is 4. The fourth-order valence-electron chi connectivity index (χ4n) is 3.65. The lowest BCUT2D eigenvalue weighted by Gasteiger charge is -2.31. The van der Waals surface area contributed by atoms with Gasteiger partial charge in [-0.25, -0.2) is 4.68 Å². The molecule has 24 heavy (non-hydrogen) atoms. The zero-order chi connectivity index (χ0) is 16.4. The van der Waals surface area contributed by atoms with Crippen molar-refractivity contribution < 1.29 is 4.74 Å². The fourth-order valence-corrected chi connectivity index (χ4v) is 3.65. The zero-order valence-electron chi connectivity index (χ0n) is 14.3. The van der Waals surface area contributed by atoms with Crippen LogP contribution in [0.2, 0.25) is 0 Å². The van der Waals surface area contributed by atoms with Crippen LogP contribution in [0.3, 0.4) is 0 Å². The van der Waals surface area contributed by atoms with Crippen molar-refractivity contribution in [1.29, 1.82) is 0 Å². The highest BCUT2D eigenvalue weighted by Crippen LogP contribution is 2.34. The van der Waals surface area contributed by atoms with Gasteiger partial charge in [-0.1, -0.05) is 18.2 Å². The highest BCUT2D eigenvalue weighted by atomic mass is 16.5. The smallest absolute Gasteiger partial charge is 0.165 e. The first-order chi connectivity index (χ1) is 11.8. The van der Waals surface area contributed by atoms with Crippen LogP contribution in [0.15, 0.2) is 24.3 Å². The van der Waals surface area contributed by atoms with Gasteiger partial charge >= 0.3 is 0 Å². The number of piperidine rings is 1. The maximum Gasteiger partial charge on any atom is 0.165 e. The molecule has 4 rings (SSSR count). The molecule has 2 fully saturated rings. The van der Waals surface area contributed by atoms with Crippen molar-refractivity contribution >= 4 is 0 Å². The SMILES string of the molecule is COc1ccccc1CC1CCN(Cc2nnnn2C2CC2)CC1. The Morgan fingerprint density at radius 3 is 2.67 bits per heavy atom. The highest BCUT2D eigenvalue weighted by molar-refractivity contribution is 5.33. The number of tetrazole rings is 1. The number of nitrogens with zero attached hydrogens (tertiary/aromatic N) is 5. The lowest BCUT2D eigenvalue weighted by atomic mass is 9.90. The molecule has 6 nitrogen and oxygen atoms in total. The molecule has 0 spiro atoms. The number of para-hydroxylation sites is 1. The van der Waals surface area contributed by atoms with Gasteiger partial charge in [0.1, 0.15) is 5.75 Å². The van der Waals surface area contributed by atoms with Gasteiger partial charge < -0.3 is 4.74 Å². The van der Waals surface area contributed by atoms with Crippen molar-refractivity contribution in [3.05, 3.63) is 35.7 Å². The van der Waals surface area contributed by atoms with Crippen LogP contribution in [0.4, 0.5) is 0 Å². The molecular formula is C18H25N5O. The van der Waals surface area contributed by atoms with Crippen molar-refractivity contribution in [2.45, 2.75) is 44.7 Å². The van der Waals surface area contributed by atoms with Gasteiger partial charge in [0.05, 0.1) is 19.7 Å². The van der Waals surface area contributed by atoms with Crippen LogP contribution in [-0.4, -0.2) is 45.3 Å². The highest BCUT2D eigenvalue weighted by Gasteiger charge is 2.29.